The average Bonchev–Trinajstić information content (AvgIpc) is 2.88. The molecule has 1 aromatic heterocycles. The Bertz CT molecular complexity index is 364. The summed E-state index contributed by atoms with van der Waals surface area (Å²) in [6.45, 7) is 0.284. The van der Waals surface area contributed by atoms with Crippen LogP contribution in [0.4, 0.5) is 5.13 Å². The van der Waals surface area contributed by atoms with Gasteiger partial charge in [0.2, 0.25) is 5.13 Å². The van der Waals surface area contributed by atoms with E-state index in [0.29, 0.717) is 17.9 Å². The van der Waals surface area contributed by atoms with Crippen molar-refractivity contribution in [3.8, 4) is 0 Å². The van der Waals surface area contributed by atoms with Crippen LogP contribution >= 0.6 is 11.5 Å². The molecule has 2 atom stereocenters. The summed E-state index contributed by atoms with van der Waals surface area (Å²) in [6, 6.07) is 0.394. The van der Waals surface area contributed by atoms with Gasteiger partial charge in [0.25, 0.3) is 0 Å². The SMILES string of the molecule is OCC1CCCC1Nc1nc(C2CC2)ns1. The zero-order valence-electron chi connectivity index (χ0n) is 9.22. The van der Waals surface area contributed by atoms with Crippen LogP contribution in [-0.4, -0.2) is 27.1 Å². The van der Waals surface area contributed by atoms with Gasteiger partial charge in [-0.2, -0.15) is 4.37 Å². The molecule has 2 fully saturated rings. The molecule has 2 saturated carbocycles. The highest BCUT2D eigenvalue weighted by Crippen LogP contribution is 2.39. The lowest BCUT2D eigenvalue weighted by Gasteiger charge is -2.17. The van der Waals surface area contributed by atoms with Crippen LogP contribution in [0.1, 0.15) is 43.8 Å². The maximum Gasteiger partial charge on any atom is 0.202 e. The van der Waals surface area contributed by atoms with Gasteiger partial charge in [0.15, 0.2) is 0 Å². The Hall–Kier alpha value is -0.680. The van der Waals surface area contributed by atoms with E-state index < -0.39 is 0 Å². The van der Waals surface area contributed by atoms with E-state index in [1.807, 2.05) is 0 Å². The van der Waals surface area contributed by atoms with E-state index in [9.17, 15) is 5.11 Å². The van der Waals surface area contributed by atoms with Crippen LogP contribution < -0.4 is 5.32 Å². The van der Waals surface area contributed by atoms with E-state index in [0.717, 1.165) is 23.8 Å². The van der Waals surface area contributed by atoms with Crippen molar-refractivity contribution in [2.24, 2.45) is 5.92 Å². The third-order valence-corrected chi connectivity index (χ3v) is 4.25. The van der Waals surface area contributed by atoms with E-state index in [1.54, 1.807) is 0 Å². The third kappa shape index (κ3) is 2.06. The molecule has 2 unspecified atom stereocenters. The fraction of sp³-hybridized carbons (Fsp3) is 0.818. The number of aromatic nitrogens is 2. The van der Waals surface area contributed by atoms with Crippen LogP contribution in [0.15, 0.2) is 0 Å². The van der Waals surface area contributed by atoms with Gasteiger partial charge >= 0.3 is 0 Å². The molecule has 2 aliphatic rings. The second kappa shape index (κ2) is 4.30. The second-order valence-corrected chi connectivity index (χ2v) is 5.61. The molecule has 0 amide bonds. The van der Waals surface area contributed by atoms with E-state index >= 15 is 0 Å². The summed E-state index contributed by atoms with van der Waals surface area (Å²) in [5.41, 5.74) is 0. The molecule has 1 aromatic rings. The second-order valence-electron chi connectivity index (χ2n) is 4.86. The first kappa shape index (κ1) is 10.5. The summed E-state index contributed by atoms with van der Waals surface area (Å²) >= 11 is 1.46. The van der Waals surface area contributed by atoms with Gasteiger partial charge in [0.05, 0.1) is 0 Å². The van der Waals surface area contributed by atoms with Gasteiger partial charge < -0.3 is 10.4 Å². The standard InChI is InChI=1S/C11H17N3OS/c15-6-8-2-1-3-9(8)12-11-13-10(14-16-11)7-4-5-7/h7-9,15H,1-6H2,(H,12,13,14). The third-order valence-electron chi connectivity index (χ3n) is 3.59. The summed E-state index contributed by atoms with van der Waals surface area (Å²) in [6.07, 6.45) is 5.97. The maximum atomic E-state index is 9.25. The fourth-order valence-electron chi connectivity index (χ4n) is 2.40. The number of nitrogens with zero attached hydrogens (tertiary/aromatic N) is 2. The van der Waals surface area contributed by atoms with Gasteiger partial charge in [-0.1, -0.05) is 6.42 Å². The first-order valence-electron chi connectivity index (χ1n) is 6.08. The van der Waals surface area contributed by atoms with E-state index in [2.05, 4.69) is 14.7 Å². The van der Waals surface area contributed by atoms with Gasteiger partial charge in [0.1, 0.15) is 5.82 Å². The van der Waals surface area contributed by atoms with Crippen molar-refractivity contribution in [1.82, 2.24) is 9.36 Å². The van der Waals surface area contributed by atoms with E-state index in [-0.39, 0.29) is 6.61 Å². The van der Waals surface area contributed by atoms with Crippen molar-refractivity contribution in [2.45, 2.75) is 44.1 Å². The smallest absolute Gasteiger partial charge is 0.202 e. The Morgan fingerprint density at radius 1 is 1.31 bits per heavy atom. The van der Waals surface area contributed by atoms with Crippen molar-refractivity contribution >= 4 is 16.7 Å². The molecule has 0 saturated heterocycles. The number of aliphatic hydroxyl groups excluding tert-OH is 1. The van der Waals surface area contributed by atoms with Crippen LogP contribution in [-0.2, 0) is 0 Å². The van der Waals surface area contributed by atoms with Crippen LogP contribution in [0.2, 0.25) is 0 Å². The summed E-state index contributed by atoms with van der Waals surface area (Å²) in [7, 11) is 0. The molecule has 2 N–H and O–H groups in total. The number of hydrogen-bond donors (Lipinski definition) is 2. The molecule has 16 heavy (non-hydrogen) atoms. The van der Waals surface area contributed by atoms with E-state index in [4.69, 9.17) is 0 Å². The number of hydrogen-bond acceptors (Lipinski definition) is 5. The predicted molar refractivity (Wildman–Crippen MR) is 63.7 cm³/mol. The first-order chi connectivity index (χ1) is 7.86. The van der Waals surface area contributed by atoms with Gasteiger partial charge in [-0.05, 0) is 25.7 Å². The quantitative estimate of drug-likeness (QED) is 0.843. The minimum atomic E-state index is 0.284. The highest BCUT2D eigenvalue weighted by Gasteiger charge is 2.30. The van der Waals surface area contributed by atoms with Crippen molar-refractivity contribution in [3.05, 3.63) is 5.82 Å². The molecule has 2 aliphatic carbocycles. The lowest BCUT2D eigenvalue weighted by atomic mass is 10.1. The van der Waals surface area contributed by atoms with Crippen LogP contribution in [0.5, 0.6) is 0 Å². The zero-order chi connectivity index (χ0) is 11.0. The number of nitrogens with one attached hydrogen (secondary N) is 1. The summed E-state index contributed by atoms with van der Waals surface area (Å²) in [5.74, 6) is 2.04. The van der Waals surface area contributed by atoms with Gasteiger partial charge in [-0.15, -0.1) is 0 Å². The minimum absolute atomic E-state index is 0.284. The van der Waals surface area contributed by atoms with Gasteiger partial charge in [-0.3, -0.25) is 0 Å². The van der Waals surface area contributed by atoms with Gasteiger partial charge in [0, 0.05) is 36.0 Å². The summed E-state index contributed by atoms with van der Waals surface area (Å²) in [4.78, 5) is 4.52. The zero-order valence-corrected chi connectivity index (χ0v) is 10.0. The van der Waals surface area contributed by atoms with Crippen molar-refractivity contribution in [3.63, 3.8) is 0 Å². The Kier molecular flexibility index (Phi) is 2.81. The molecule has 0 radical (unpaired) electrons. The first-order valence-corrected chi connectivity index (χ1v) is 6.85. The molecular formula is C11H17N3OS. The predicted octanol–water partition coefficient (Wildman–Crippen LogP) is 1.99. The van der Waals surface area contributed by atoms with E-state index in [1.165, 1.54) is 30.8 Å². The number of anilines is 1. The molecule has 0 aromatic carbocycles. The minimum Gasteiger partial charge on any atom is -0.396 e. The molecule has 5 heteroatoms. The molecule has 0 aliphatic heterocycles. The lowest BCUT2D eigenvalue weighted by Crippen LogP contribution is -2.26. The van der Waals surface area contributed by atoms with Crippen molar-refractivity contribution in [1.29, 1.82) is 0 Å². The number of aliphatic hydroxyl groups is 1. The maximum absolute atomic E-state index is 9.25. The Morgan fingerprint density at radius 2 is 2.19 bits per heavy atom. The average molecular weight is 239 g/mol. The highest BCUT2D eigenvalue weighted by molar-refractivity contribution is 7.09. The molecule has 3 rings (SSSR count). The monoisotopic (exact) mass is 239 g/mol. The molecular weight excluding hydrogens is 222 g/mol. The Morgan fingerprint density at radius 3 is 2.94 bits per heavy atom. The van der Waals surface area contributed by atoms with Gasteiger partial charge in [-0.25, -0.2) is 4.98 Å². The fourth-order valence-corrected chi connectivity index (χ4v) is 3.11. The Balaban J connectivity index is 1.63. The van der Waals surface area contributed by atoms with Crippen molar-refractivity contribution < 1.29 is 5.11 Å². The molecule has 0 spiro atoms. The van der Waals surface area contributed by atoms with Crippen LogP contribution in [0.3, 0.4) is 0 Å². The molecule has 1 heterocycles. The Labute approximate surface area is 99.3 Å². The van der Waals surface area contributed by atoms with Crippen LogP contribution in [0.25, 0.3) is 0 Å². The highest BCUT2D eigenvalue weighted by atomic mass is 32.1. The summed E-state index contributed by atoms with van der Waals surface area (Å²) < 4.78 is 4.38. The van der Waals surface area contributed by atoms with Crippen LogP contribution in [0, 0.1) is 5.92 Å². The van der Waals surface area contributed by atoms with Crippen molar-refractivity contribution in [2.75, 3.05) is 11.9 Å². The molecule has 88 valence electrons. The normalized spacial score (nSPS) is 29.6. The largest absolute Gasteiger partial charge is 0.396 e. The lowest BCUT2D eigenvalue weighted by molar-refractivity contribution is 0.222. The summed E-state index contributed by atoms with van der Waals surface area (Å²) in [5, 5.41) is 13.6. The molecule has 0 bridgehead atoms. The molecule has 4 nitrogen and oxygen atoms in total. The number of rotatable bonds is 4. The topological polar surface area (TPSA) is 58.0 Å².